The van der Waals surface area contributed by atoms with E-state index in [1.807, 2.05) is 34.6 Å². The Morgan fingerprint density at radius 2 is 1.68 bits per heavy atom. The molecule has 3 rings (SSSR count). The fourth-order valence-electron chi connectivity index (χ4n) is 5.62. The zero-order valence-electron chi connectivity index (χ0n) is 23.2. The van der Waals surface area contributed by atoms with Crippen molar-refractivity contribution in [1.29, 1.82) is 0 Å². The zero-order valence-corrected chi connectivity index (χ0v) is 23.2. The first-order valence-electron chi connectivity index (χ1n) is 13.8. The number of rotatable bonds is 10. The maximum absolute atomic E-state index is 13.2. The van der Waals surface area contributed by atoms with Gasteiger partial charge in [0.25, 0.3) is 5.91 Å². The van der Waals surface area contributed by atoms with Gasteiger partial charge in [-0.05, 0) is 82.9 Å². The fourth-order valence-corrected chi connectivity index (χ4v) is 5.62. The van der Waals surface area contributed by atoms with Crippen LogP contribution in [0.2, 0.25) is 0 Å². The standard InChI is InChI=1S/C29H46N2O6/c1-19(2)22-16-23(26(33)17-25(22)32)27(34)30-13-10-20(11-14-30)12-15-31(21-8-6-7-9-21)24(28(35)36)18-37-29(3,4)5/h16-17,19-21,24,32-33H,6-15,18H2,1-5H3,(H,35,36). The summed E-state index contributed by atoms with van der Waals surface area (Å²) in [5.41, 5.74) is 0.484. The third-order valence-electron chi connectivity index (χ3n) is 7.85. The number of likely N-dealkylation sites (tertiary alicyclic amines) is 1. The molecule has 1 aliphatic heterocycles. The van der Waals surface area contributed by atoms with E-state index in [2.05, 4.69) is 4.90 Å². The Hall–Kier alpha value is -2.32. The van der Waals surface area contributed by atoms with Gasteiger partial charge in [0, 0.05) is 25.2 Å². The van der Waals surface area contributed by atoms with Crippen molar-refractivity contribution in [1.82, 2.24) is 9.80 Å². The van der Waals surface area contributed by atoms with Gasteiger partial charge in [-0.1, -0.05) is 26.7 Å². The van der Waals surface area contributed by atoms with Crippen LogP contribution < -0.4 is 0 Å². The van der Waals surface area contributed by atoms with Gasteiger partial charge in [-0.2, -0.15) is 0 Å². The van der Waals surface area contributed by atoms with E-state index in [-0.39, 0.29) is 41.5 Å². The summed E-state index contributed by atoms with van der Waals surface area (Å²) in [5.74, 6) is -0.794. The molecule has 1 unspecified atom stereocenters. The first-order valence-corrected chi connectivity index (χ1v) is 13.8. The molecule has 3 N–H and O–H groups in total. The number of phenols is 2. The van der Waals surface area contributed by atoms with Gasteiger partial charge in [0.15, 0.2) is 0 Å². The summed E-state index contributed by atoms with van der Waals surface area (Å²) in [6.45, 7) is 11.8. The third kappa shape index (κ3) is 7.84. The summed E-state index contributed by atoms with van der Waals surface area (Å²) in [4.78, 5) is 29.3. The number of aliphatic carboxylic acids is 1. The average Bonchev–Trinajstić information content (AvgIpc) is 3.34. The van der Waals surface area contributed by atoms with Crippen molar-refractivity contribution in [2.45, 2.75) is 103 Å². The highest BCUT2D eigenvalue weighted by atomic mass is 16.5. The predicted molar refractivity (Wildman–Crippen MR) is 143 cm³/mol. The second kappa shape index (κ2) is 12.5. The monoisotopic (exact) mass is 518 g/mol. The number of nitrogens with zero attached hydrogens (tertiary/aromatic N) is 2. The number of piperidine rings is 1. The van der Waals surface area contributed by atoms with Gasteiger partial charge in [0.2, 0.25) is 0 Å². The summed E-state index contributed by atoms with van der Waals surface area (Å²) in [6.07, 6.45) is 6.90. The highest BCUT2D eigenvalue weighted by Crippen LogP contribution is 2.34. The van der Waals surface area contributed by atoms with Crippen molar-refractivity contribution in [3.63, 3.8) is 0 Å². The minimum Gasteiger partial charge on any atom is -0.508 e. The van der Waals surface area contributed by atoms with E-state index in [9.17, 15) is 24.9 Å². The second-order valence-corrected chi connectivity index (χ2v) is 12.1. The molecule has 2 aliphatic rings. The number of hydrogen-bond donors (Lipinski definition) is 3. The Kier molecular flexibility index (Phi) is 9.86. The van der Waals surface area contributed by atoms with Gasteiger partial charge in [0.05, 0.1) is 17.8 Å². The number of ether oxygens (including phenoxy) is 1. The van der Waals surface area contributed by atoms with E-state index >= 15 is 0 Å². The Morgan fingerprint density at radius 1 is 1.05 bits per heavy atom. The molecule has 1 aromatic carbocycles. The van der Waals surface area contributed by atoms with E-state index in [4.69, 9.17) is 4.74 Å². The first kappa shape index (κ1) is 29.2. The number of carboxylic acids is 1. The van der Waals surface area contributed by atoms with Crippen LogP contribution in [-0.2, 0) is 9.53 Å². The lowest BCUT2D eigenvalue weighted by Crippen LogP contribution is -2.51. The maximum Gasteiger partial charge on any atom is 0.323 e. The molecule has 1 saturated heterocycles. The average molecular weight is 519 g/mol. The number of carbonyl (C=O) groups excluding carboxylic acids is 1. The topological polar surface area (TPSA) is 111 Å². The van der Waals surface area contributed by atoms with Crippen LogP contribution in [0.1, 0.15) is 101 Å². The molecule has 0 bridgehead atoms. The second-order valence-electron chi connectivity index (χ2n) is 12.1. The van der Waals surface area contributed by atoms with E-state index in [0.717, 1.165) is 44.9 Å². The van der Waals surface area contributed by atoms with Crippen LogP contribution in [0.25, 0.3) is 0 Å². The van der Waals surface area contributed by atoms with E-state index < -0.39 is 17.6 Å². The largest absolute Gasteiger partial charge is 0.508 e. The molecule has 2 fully saturated rings. The van der Waals surface area contributed by atoms with Crippen molar-refractivity contribution in [2.24, 2.45) is 5.92 Å². The van der Waals surface area contributed by atoms with Crippen molar-refractivity contribution in [3.8, 4) is 11.5 Å². The van der Waals surface area contributed by atoms with Gasteiger partial charge < -0.3 is 25.0 Å². The van der Waals surface area contributed by atoms with E-state index in [1.165, 1.54) is 6.07 Å². The van der Waals surface area contributed by atoms with E-state index in [0.29, 0.717) is 31.1 Å². The highest BCUT2D eigenvalue weighted by molar-refractivity contribution is 5.97. The molecule has 1 amide bonds. The summed E-state index contributed by atoms with van der Waals surface area (Å²) in [5, 5.41) is 30.5. The normalized spacial score (nSPS) is 18.6. The fraction of sp³-hybridized carbons (Fsp3) is 0.724. The highest BCUT2D eigenvalue weighted by Gasteiger charge is 2.35. The van der Waals surface area contributed by atoms with Crippen LogP contribution in [0.15, 0.2) is 12.1 Å². The third-order valence-corrected chi connectivity index (χ3v) is 7.85. The molecule has 0 spiro atoms. The van der Waals surface area contributed by atoms with Crippen LogP contribution in [0.4, 0.5) is 0 Å². The quantitative estimate of drug-likeness (QED) is 0.401. The smallest absolute Gasteiger partial charge is 0.323 e. The van der Waals surface area contributed by atoms with Gasteiger partial charge in [-0.25, -0.2) is 0 Å². The number of phenolic OH excluding ortho intramolecular Hbond substituents is 2. The van der Waals surface area contributed by atoms with E-state index in [1.54, 1.807) is 11.0 Å². The Balaban J connectivity index is 1.61. The lowest BCUT2D eigenvalue weighted by molar-refractivity contribution is -0.150. The van der Waals surface area contributed by atoms with Gasteiger partial charge in [-0.15, -0.1) is 0 Å². The lowest BCUT2D eigenvalue weighted by atomic mass is 9.92. The van der Waals surface area contributed by atoms with Crippen LogP contribution in [0.3, 0.4) is 0 Å². The molecule has 8 heteroatoms. The molecule has 0 radical (unpaired) electrons. The van der Waals surface area contributed by atoms with Crippen molar-refractivity contribution >= 4 is 11.9 Å². The van der Waals surface area contributed by atoms with Crippen LogP contribution in [-0.4, -0.2) is 80.9 Å². The molecule has 1 heterocycles. The number of amides is 1. The maximum atomic E-state index is 13.2. The van der Waals surface area contributed by atoms with Crippen molar-refractivity contribution < 1.29 is 29.6 Å². The Bertz CT molecular complexity index is 927. The number of benzene rings is 1. The minimum atomic E-state index is -0.828. The first-order chi connectivity index (χ1) is 17.4. The molecule has 1 atom stereocenters. The van der Waals surface area contributed by atoms with Gasteiger partial charge in [0.1, 0.15) is 17.5 Å². The molecule has 208 valence electrons. The molecule has 1 aromatic rings. The number of carbonyl (C=O) groups is 2. The van der Waals surface area contributed by atoms with Gasteiger partial charge >= 0.3 is 5.97 Å². The van der Waals surface area contributed by atoms with Crippen LogP contribution >= 0.6 is 0 Å². The van der Waals surface area contributed by atoms with Crippen molar-refractivity contribution in [3.05, 3.63) is 23.3 Å². The Labute approximate surface area is 221 Å². The minimum absolute atomic E-state index is 0.00198. The van der Waals surface area contributed by atoms with Crippen LogP contribution in [0, 0.1) is 5.92 Å². The molecule has 37 heavy (non-hydrogen) atoms. The molecular formula is C29H46N2O6. The number of carboxylic acid groups (broad SMARTS) is 1. The SMILES string of the molecule is CC(C)c1cc(C(=O)N2CCC(CCN(C3CCCC3)C(COC(C)(C)C)C(=O)O)CC2)c(O)cc1O. The zero-order chi connectivity index (χ0) is 27.3. The molecule has 8 nitrogen and oxygen atoms in total. The summed E-state index contributed by atoms with van der Waals surface area (Å²) in [6, 6.07) is 2.49. The lowest BCUT2D eigenvalue weighted by Gasteiger charge is -2.38. The predicted octanol–water partition coefficient (Wildman–Crippen LogP) is 4.98. The molecule has 0 aromatic heterocycles. The summed E-state index contributed by atoms with van der Waals surface area (Å²) < 4.78 is 5.90. The summed E-state index contributed by atoms with van der Waals surface area (Å²) in [7, 11) is 0. The van der Waals surface area contributed by atoms with Gasteiger partial charge in [-0.3, -0.25) is 14.5 Å². The summed E-state index contributed by atoms with van der Waals surface area (Å²) >= 11 is 0. The molecule has 1 saturated carbocycles. The van der Waals surface area contributed by atoms with Crippen LogP contribution in [0.5, 0.6) is 11.5 Å². The molecular weight excluding hydrogens is 472 g/mol. The number of hydrogen-bond acceptors (Lipinski definition) is 6. The molecule has 1 aliphatic carbocycles. The van der Waals surface area contributed by atoms with Crippen molar-refractivity contribution in [2.75, 3.05) is 26.2 Å². The number of aromatic hydroxyl groups is 2. The Morgan fingerprint density at radius 3 is 2.22 bits per heavy atom.